The summed E-state index contributed by atoms with van der Waals surface area (Å²) in [5.74, 6) is -1.62. The molecule has 1 N–H and O–H groups in total. The molecule has 1 aromatic carbocycles. The number of hydrogen-bond donors (Lipinski definition) is 1. The van der Waals surface area contributed by atoms with Crippen LogP contribution in [0.3, 0.4) is 0 Å². The highest BCUT2D eigenvalue weighted by molar-refractivity contribution is 6.31. The largest absolute Gasteiger partial charge is 0.310 e. The van der Waals surface area contributed by atoms with E-state index in [1.54, 1.807) is 0 Å². The number of fused-ring (bicyclic) bond motifs is 1. The van der Waals surface area contributed by atoms with Gasteiger partial charge in [-0.2, -0.15) is 0 Å². The molecule has 1 atom stereocenters. The van der Waals surface area contributed by atoms with Crippen molar-refractivity contribution in [1.29, 1.82) is 0 Å². The lowest BCUT2D eigenvalue weighted by atomic mass is 9.86. The van der Waals surface area contributed by atoms with E-state index in [0.29, 0.717) is 10.6 Å². The van der Waals surface area contributed by atoms with E-state index in [-0.39, 0.29) is 11.5 Å². The fourth-order valence-corrected chi connectivity index (χ4v) is 3.29. The zero-order valence-electron chi connectivity index (χ0n) is 10.9. The maximum atomic E-state index is 14.0. The maximum Gasteiger partial charge on any atom is 0.163 e. The highest BCUT2D eigenvalue weighted by atomic mass is 35.5. The number of benzene rings is 1. The van der Waals surface area contributed by atoms with E-state index in [0.717, 1.165) is 31.0 Å². The molecule has 0 amide bonds. The minimum Gasteiger partial charge on any atom is -0.310 e. The Bertz CT molecular complexity index is 471. The van der Waals surface area contributed by atoms with Crippen molar-refractivity contribution in [3.8, 4) is 0 Å². The van der Waals surface area contributed by atoms with Crippen LogP contribution in [0.15, 0.2) is 6.07 Å². The predicted molar refractivity (Wildman–Crippen MR) is 70.0 cm³/mol. The van der Waals surface area contributed by atoms with Gasteiger partial charge in [0.2, 0.25) is 0 Å². The van der Waals surface area contributed by atoms with Crippen LogP contribution >= 0.6 is 11.6 Å². The van der Waals surface area contributed by atoms with Crippen LogP contribution in [0.4, 0.5) is 8.78 Å². The lowest BCUT2D eigenvalue weighted by molar-refractivity contribution is 0.419. The molecule has 1 nitrogen and oxygen atoms in total. The molecule has 0 aliphatic heterocycles. The Kier molecular flexibility index (Phi) is 3.65. The van der Waals surface area contributed by atoms with Gasteiger partial charge in [-0.3, -0.25) is 0 Å². The second-order valence-electron chi connectivity index (χ2n) is 5.54. The summed E-state index contributed by atoms with van der Waals surface area (Å²) in [6.07, 6.45) is 1.69. The first-order valence-electron chi connectivity index (χ1n) is 6.29. The van der Waals surface area contributed by atoms with E-state index in [1.165, 1.54) is 0 Å². The third-order valence-corrected chi connectivity index (χ3v) is 3.89. The highest BCUT2D eigenvalue weighted by Crippen LogP contribution is 2.49. The molecule has 1 aromatic rings. The Balaban J connectivity index is 2.53. The highest BCUT2D eigenvalue weighted by Gasteiger charge is 2.41. The molecule has 0 spiro atoms. The van der Waals surface area contributed by atoms with Crippen molar-refractivity contribution >= 4 is 11.6 Å². The van der Waals surface area contributed by atoms with Crippen molar-refractivity contribution in [2.24, 2.45) is 0 Å². The van der Waals surface area contributed by atoms with Crippen molar-refractivity contribution in [2.75, 3.05) is 6.54 Å². The molecular formula is C14H18ClF2N. The van der Waals surface area contributed by atoms with Crippen molar-refractivity contribution in [3.63, 3.8) is 0 Å². The van der Waals surface area contributed by atoms with E-state index in [4.69, 9.17) is 11.6 Å². The van der Waals surface area contributed by atoms with E-state index < -0.39 is 11.6 Å². The molecule has 0 aromatic heterocycles. The first-order chi connectivity index (χ1) is 8.38. The lowest BCUT2D eigenvalue weighted by Crippen LogP contribution is -2.22. The zero-order chi connectivity index (χ0) is 13.5. The summed E-state index contributed by atoms with van der Waals surface area (Å²) in [4.78, 5) is 0. The van der Waals surface area contributed by atoms with Gasteiger partial charge in [0, 0.05) is 16.6 Å². The third-order valence-electron chi connectivity index (χ3n) is 3.59. The number of halogens is 3. The van der Waals surface area contributed by atoms with Gasteiger partial charge in [0.05, 0.1) is 0 Å². The molecule has 2 rings (SSSR count). The lowest BCUT2D eigenvalue weighted by Gasteiger charge is -2.20. The van der Waals surface area contributed by atoms with Crippen molar-refractivity contribution in [3.05, 3.63) is 33.9 Å². The Hall–Kier alpha value is -0.670. The molecule has 0 fully saturated rings. The molecule has 1 aliphatic carbocycles. The van der Waals surface area contributed by atoms with E-state index in [9.17, 15) is 8.78 Å². The number of nitrogens with one attached hydrogen (secondary N) is 1. The van der Waals surface area contributed by atoms with Crippen molar-refractivity contribution in [1.82, 2.24) is 5.32 Å². The topological polar surface area (TPSA) is 12.0 Å². The summed E-state index contributed by atoms with van der Waals surface area (Å²) in [5, 5.41) is 3.60. The summed E-state index contributed by atoms with van der Waals surface area (Å²) in [5.41, 5.74) is 0.932. The molecule has 18 heavy (non-hydrogen) atoms. The molecule has 100 valence electrons. The zero-order valence-corrected chi connectivity index (χ0v) is 11.7. The summed E-state index contributed by atoms with van der Waals surface area (Å²) in [6.45, 7) is 6.86. The van der Waals surface area contributed by atoms with Gasteiger partial charge in [0.15, 0.2) is 11.6 Å². The van der Waals surface area contributed by atoms with Gasteiger partial charge in [-0.15, -0.1) is 0 Å². The Morgan fingerprint density at radius 1 is 1.44 bits per heavy atom. The molecule has 0 heterocycles. The Labute approximate surface area is 112 Å². The fraction of sp³-hybridized carbons (Fsp3) is 0.571. The van der Waals surface area contributed by atoms with Crippen molar-refractivity contribution in [2.45, 2.75) is 45.1 Å². The Morgan fingerprint density at radius 2 is 2.11 bits per heavy atom. The van der Waals surface area contributed by atoms with E-state index in [2.05, 4.69) is 5.32 Å². The SMILES string of the molecule is CCCNC1CC(C)(C)c2c(Cl)cc(F)c(F)c21. The average molecular weight is 274 g/mol. The average Bonchev–Trinajstić information content (AvgIpc) is 2.55. The second kappa shape index (κ2) is 4.78. The molecule has 4 heteroatoms. The van der Waals surface area contributed by atoms with Crippen LogP contribution in [0, 0.1) is 11.6 Å². The summed E-state index contributed by atoms with van der Waals surface area (Å²) in [7, 11) is 0. The normalized spacial score (nSPS) is 21.1. The fourth-order valence-electron chi connectivity index (χ4n) is 2.84. The van der Waals surface area contributed by atoms with Crippen LogP contribution < -0.4 is 5.32 Å². The molecule has 0 saturated carbocycles. The van der Waals surface area contributed by atoms with Crippen LogP contribution in [0.1, 0.15) is 50.8 Å². The molecule has 1 aliphatic rings. The standard InChI is InChI=1S/C14H18ClF2N/c1-4-5-18-10-7-14(2,3)12-8(15)6-9(16)13(17)11(10)12/h6,10,18H,4-5,7H2,1-3H3. The first-order valence-corrected chi connectivity index (χ1v) is 6.67. The van der Waals surface area contributed by atoms with Gasteiger partial charge >= 0.3 is 0 Å². The minimum absolute atomic E-state index is 0.150. The van der Waals surface area contributed by atoms with Crippen LogP contribution in [-0.4, -0.2) is 6.54 Å². The second-order valence-corrected chi connectivity index (χ2v) is 5.94. The maximum absolute atomic E-state index is 14.0. The third kappa shape index (κ3) is 2.14. The molecular weight excluding hydrogens is 256 g/mol. The molecule has 0 saturated heterocycles. The smallest absolute Gasteiger partial charge is 0.163 e. The van der Waals surface area contributed by atoms with Crippen LogP contribution in [0.25, 0.3) is 0 Å². The van der Waals surface area contributed by atoms with Gasteiger partial charge < -0.3 is 5.32 Å². The van der Waals surface area contributed by atoms with Gasteiger partial charge in [-0.1, -0.05) is 32.4 Å². The van der Waals surface area contributed by atoms with E-state index in [1.807, 2.05) is 20.8 Å². The van der Waals surface area contributed by atoms with Crippen molar-refractivity contribution < 1.29 is 8.78 Å². The van der Waals surface area contributed by atoms with Gasteiger partial charge in [-0.05, 0) is 36.4 Å². The first kappa shape index (κ1) is 13.8. The minimum atomic E-state index is -0.861. The Morgan fingerprint density at radius 3 is 2.72 bits per heavy atom. The van der Waals surface area contributed by atoms with Crippen LogP contribution in [-0.2, 0) is 5.41 Å². The molecule has 1 unspecified atom stereocenters. The predicted octanol–water partition coefficient (Wildman–Crippen LogP) is 4.34. The molecule has 0 bridgehead atoms. The quantitative estimate of drug-likeness (QED) is 0.808. The number of hydrogen-bond acceptors (Lipinski definition) is 1. The summed E-state index contributed by atoms with van der Waals surface area (Å²) in [6, 6.07) is 0.933. The van der Waals surface area contributed by atoms with Gasteiger partial charge in [0.1, 0.15) is 0 Å². The summed E-state index contributed by atoms with van der Waals surface area (Å²) < 4.78 is 27.5. The summed E-state index contributed by atoms with van der Waals surface area (Å²) >= 11 is 6.10. The van der Waals surface area contributed by atoms with Gasteiger partial charge in [0.25, 0.3) is 0 Å². The van der Waals surface area contributed by atoms with Crippen LogP contribution in [0.2, 0.25) is 5.02 Å². The van der Waals surface area contributed by atoms with Crippen LogP contribution in [0.5, 0.6) is 0 Å². The van der Waals surface area contributed by atoms with Gasteiger partial charge in [-0.25, -0.2) is 8.78 Å². The molecule has 0 radical (unpaired) electrons. The monoisotopic (exact) mass is 273 g/mol. The van der Waals surface area contributed by atoms with E-state index >= 15 is 0 Å². The number of rotatable bonds is 3.